The maximum atomic E-state index is 12.2. The Bertz CT molecular complexity index is 536. The van der Waals surface area contributed by atoms with Crippen LogP contribution in [-0.4, -0.2) is 26.9 Å². The third kappa shape index (κ3) is 6.46. The molecule has 1 aromatic rings. The van der Waals surface area contributed by atoms with Gasteiger partial charge in [0.25, 0.3) is 0 Å². The predicted octanol–water partition coefficient (Wildman–Crippen LogP) is 3.29. The molecule has 0 aromatic heterocycles. The topological polar surface area (TPSA) is 55.4 Å². The smallest absolute Gasteiger partial charge is 0.214 e. The van der Waals surface area contributed by atoms with Crippen molar-refractivity contribution in [1.82, 2.24) is 4.72 Å². The lowest BCUT2D eigenvalue weighted by atomic mass is 9.96. The Labute approximate surface area is 135 Å². The maximum Gasteiger partial charge on any atom is 0.214 e. The van der Waals surface area contributed by atoms with Gasteiger partial charge in [-0.05, 0) is 37.3 Å². The summed E-state index contributed by atoms with van der Waals surface area (Å²) in [4.78, 5) is 0. The molecular formula is C17H29NO3S. The summed E-state index contributed by atoms with van der Waals surface area (Å²) in [5, 5.41) is 0. The Balaban J connectivity index is 2.78. The first-order valence-corrected chi connectivity index (χ1v) is 9.60. The van der Waals surface area contributed by atoms with Crippen LogP contribution in [-0.2, 0) is 21.2 Å². The van der Waals surface area contributed by atoms with Crippen molar-refractivity contribution < 1.29 is 13.2 Å². The van der Waals surface area contributed by atoms with E-state index in [1.165, 1.54) is 5.56 Å². The molecule has 0 unspecified atom stereocenters. The van der Waals surface area contributed by atoms with E-state index in [-0.39, 0.29) is 30.4 Å². The summed E-state index contributed by atoms with van der Waals surface area (Å²) < 4.78 is 32.6. The number of hydrogen-bond acceptors (Lipinski definition) is 3. The van der Waals surface area contributed by atoms with E-state index in [9.17, 15) is 8.42 Å². The summed E-state index contributed by atoms with van der Waals surface area (Å²) in [6, 6.07) is 7.92. The van der Waals surface area contributed by atoms with E-state index in [4.69, 9.17) is 4.74 Å². The highest BCUT2D eigenvalue weighted by molar-refractivity contribution is 7.89. The highest BCUT2D eigenvalue weighted by Gasteiger charge is 2.22. The first kappa shape index (κ1) is 19.1. The summed E-state index contributed by atoms with van der Waals surface area (Å²) in [7, 11) is -3.36. The van der Waals surface area contributed by atoms with Gasteiger partial charge in [0, 0.05) is 6.04 Å². The second-order valence-corrected chi connectivity index (χ2v) is 8.05. The van der Waals surface area contributed by atoms with Crippen LogP contribution in [0.4, 0.5) is 0 Å². The maximum absolute atomic E-state index is 12.2. The number of rotatable bonds is 9. The van der Waals surface area contributed by atoms with Crippen molar-refractivity contribution in [2.45, 2.75) is 53.2 Å². The molecule has 0 saturated carbocycles. The van der Waals surface area contributed by atoms with Gasteiger partial charge in [-0.1, -0.05) is 45.0 Å². The fourth-order valence-corrected chi connectivity index (χ4v) is 3.42. The minimum absolute atomic E-state index is 0.0125. The zero-order valence-corrected chi connectivity index (χ0v) is 15.1. The minimum Gasteiger partial charge on any atom is -0.378 e. The fourth-order valence-electron chi connectivity index (χ4n) is 2.20. The van der Waals surface area contributed by atoms with Gasteiger partial charge in [-0.2, -0.15) is 0 Å². The number of nitrogens with one attached hydrogen (secondary N) is 1. The molecule has 0 fully saturated rings. The first-order valence-electron chi connectivity index (χ1n) is 7.95. The Morgan fingerprint density at radius 3 is 2.14 bits per heavy atom. The van der Waals surface area contributed by atoms with Gasteiger partial charge in [0.15, 0.2) is 0 Å². The Morgan fingerprint density at radius 1 is 1.09 bits per heavy atom. The van der Waals surface area contributed by atoms with Crippen LogP contribution in [0.5, 0.6) is 0 Å². The quantitative estimate of drug-likeness (QED) is 0.757. The summed E-state index contributed by atoms with van der Waals surface area (Å²) in [5.41, 5.74) is 2.25. The van der Waals surface area contributed by atoms with Gasteiger partial charge >= 0.3 is 0 Å². The van der Waals surface area contributed by atoms with E-state index in [1.807, 2.05) is 39.8 Å². The molecule has 0 bridgehead atoms. The monoisotopic (exact) mass is 327 g/mol. The van der Waals surface area contributed by atoms with Gasteiger partial charge in [-0.15, -0.1) is 0 Å². The molecule has 126 valence electrons. The number of hydrogen-bond donors (Lipinski definition) is 1. The van der Waals surface area contributed by atoms with Crippen molar-refractivity contribution in [1.29, 1.82) is 0 Å². The number of benzene rings is 1. The van der Waals surface area contributed by atoms with Crippen LogP contribution < -0.4 is 4.72 Å². The molecule has 1 aromatic carbocycles. The molecular weight excluding hydrogens is 298 g/mol. The largest absolute Gasteiger partial charge is 0.378 e. The standard InChI is InChI=1S/C17H29NO3S/c1-6-15-7-9-16(10-8-15)17(13(2)3)18-22(19,20)12-11-21-14(4)5/h7-10,13-14,17-18H,6,11-12H2,1-5H3/t17-/m0/s1. The van der Waals surface area contributed by atoms with E-state index >= 15 is 0 Å². The molecule has 1 N–H and O–H groups in total. The van der Waals surface area contributed by atoms with Gasteiger partial charge < -0.3 is 4.74 Å². The summed E-state index contributed by atoms with van der Waals surface area (Å²) in [6.07, 6.45) is 1.02. The molecule has 0 spiro atoms. The van der Waals surface area contributed by atoms with E-state index in [2.05, 4.69) is 23.8 Å². The third-order valence-electron chi connectivity index (χ3n) is 3.52. The molecule has 0 aliphatic rings. The minimum atomic E-state index is -3.36. The molecule has 0 saturated heterocycles. The zero-order chi connectivity index (χ0) is 16.8. The van der Waals surface area contributed by atoms with Crippen molar-refractivity contribution in [2.75, 3.05) is 12.4 Å². The Hall–Kier alpha value is -0.910. The molecule has 0 aliphatic carbocycles. The van der Waals surface area contributed by atoms with E-state index in [1.54, 1.807) is 0 Å². The molecule has 4 nitrogen and oxygen atoms in total. The Kier molecular flexibility index (Phi) is 7.53. The SMILES string of the molecule is CCc1ccc([C@@H](NS(=O)(=O)CCOC(C)C)C(C)C)cc1. The highest BCUT2D eigenvalue weighted by Crippen LogP contribution is 2.23. The lowest BCUT2D eigenvalue weighted by Gasteiger charge is -2.23. The molecule has 1 rings (SSSR count). The lowest BCUT2D eigenvalue weighted by molar-refractivity contribution is 0.0911. The average Bonchev–Trinajstić information content (AvgIpc) is 2.44. The number of sulfonamides is 1. The second-order valence-electron chi connectivity index (χ2n) is 6.17. The number of aryl methyl sites for hydroxylation is 1. The van der Waals surface area contributed by atoms with E-state index in [0.717, 1.165) is 12.0 Å². The molecule has 0 heterocycles. The first-order chi connectivity index (χ1) is 10.2. The van der Waals surface area contributed by atoms with Crippen LogP contribution in [0.2, 0.25) is 0 Å². The van der Waals surface area contributed by atoms with Crippen LogP contribution >= 0.6 is 0 Å². The summed E-state index contributed by atoms with van der Waals surface area (Å²) in [5.74, 6) is 0.162. The molecule has 0 amide bonds. The fraction of sp³-hybridized carbons (Fsp3) is 0.647. The highest BCUT2D eigenvalue weighted by atomic mass is 32.2. The van der Waals surface area contributed by atoms with Crippen LogP contribution in [0.15, 0.2) is 24.3 Å². The summed E-state index contributed by atoms with van der Waals surface area (Å²) >= 11 is 0. The molecule has 1 atom stereocenters. The second kappa shape index (κ2) is 8.65. The van der Waals surface area contributed by atoms with Crippen LogP contribution in [0, 0.1) is 5.92 Å². The van der Waals surface area contributed by atoms with Crippen LogP contribution in [0.25, 0.3) is 0 Å². The van der Waals surface area contributed by atoms with Crippen molar-refractivity contribution in [3.8, 4) is 0 Å². The normalized spacial score (nSPS) is 13.8. The lowest BCUT2D eigenvalue weighted by Crippen LogP contribution is -2.35. The van der Waals surface area contributed by atoms with Crippen molar-refractivity contribution in [2.24, 2.45) is 5.92 Å². The van der Waals surface area contributed by atoms with Gasteiger partial charge in [0.05, 0.1) is 18.5 Å². The summed E-state index contributed by atoms with van der Waals surface area (Å²) in [6.45, 7) is 10.1. The average molecular weight is 327 g/mol. The van der Waals surface area contributed by atoms with Crippen LogP contribution in [0.3, 0.4) is 0 Å². The zero-order valence-electron chi connectivity index (χ0n) is 14.3. The molecule has 0 aliphatic heterocycles. The number of ether oxygens (including phenoxy) is 1. The molecule has 0 radical (unpaired) electrons. The van der Waals surface area contributed by atoms with Crippen molar-refractivity contribution >= 4 is 10.0 Å². The predicted molar refractivity (Wildman–Crippen MR) is 91.4 cm³/mol. The van der Waals surface area contributed by atoms with Gasteiger partial charge in [0.1, 0.15) is 0 Å². The van der Waals surface area contributed by atoms with E-state index in [0.29, 0.717) is 0 Å². The van der Waals surface area contributed by atoms with Crippen molar-refractivity contribution in [3.63, 3.8) is 0 Å². The Morgan fingerprint density at radius 2 is 1.68 bits per heavy atom. The van der Waals surface area contributed by atoms with E-state index < -0.39 is 10.0 Å². The molecule has 22 heavy (non-hydrogen) atoms. The van der Waals surface area contributed by atoms with Crippen molar-refractivity contribution in [3.05, 3.63) is 35.4 Å². The van der Waals surface area contributed by atoms with Gasteiger partial charge in [-0.3, -0.25) is 0 Å². The van der Waals surface area contributed by atoms with Crippen LogP contribution in [0.1, 0.15) is 51.8 Å². The van der Waals surface area contributed by atoms with Gasteiger partial charge in [0.2, 0.25) is 10.0 Å². The van der Waals surface area contributed by atoms with Gasteiger partial charge in [-0.25, -0.2) is 13.1 Å². The third-order valence-corrected chi connectivity index (χ3v) is 4.84. The molecule has 5 heteroatoms.